The first-order valence-electron chi connectivity index (χ1n) is 8.18. The molecule has 0 N–H and O–H groups in total. The Hall–Kier alpha value is -1.85. The number of likely N-dealkylation sites (tertiary alicyclic amines) is 1. The van der Waals surface area contributed by atoms with Crippen molar-refractivity contribution >= 4 is 17.7 Å². The van der Waals surface area contributed by atoms with E-state index in [1.54, 1.807) is 25.1 Å². The minimum Gasteiger partial charge on any atom is -0.379 e. The van der Waals surface area contributed by atoms with E-state index in [2.05, 4.69) is 11.9 Å². The van der Waals surface area contributed by atoms with Crippen LogP contribution in [0.1, 0.15) is 23.7 Å². The smallest absolute Gasteiger partial charge is 0.253 e. The number of pyridine rings is 1. The second kappa shape index (κ2) is 7.81. The number of ether oxygens (including phenoxy) is 1. The minimum absolute atomic E-state index is 0.0818. The summed E-state index contributed by atoms with van der Waals surface area (Å²) >= 11 is 1.59. The molecule has 1 saturated heterocycles. The van der Waals surface area contributed by atoms with E-state index in [1.165, 1.54) is 0 Å². The van der Waals surface area contributed by atoms with Crippen LogP contribution in [0.2, 0.25) is 0 Å². The summed E-state index contributed by atoms with van der Waals surface area (Å²) in [7, 11) is 1.72. The molecule has 0 spiro atoms. The van der Waals surface area contributed by atoms with Crippen LogP contribution in [-0.4, -0.2) is 42.1 Å². The van der Waals surface area contributed by atoms with Gasteiger partial charge in [-0.15, -0.1) is 0 Å². The van der Waals surface area contributed by atoms with Gasteiger partial charge in [0.05, 0.1) is 6.10 Å². The van der Waals surface area contributed by atoms with Gasteiger partial charge in [0.25, 0.3) is 5.91 Å². The number of hydrogen-bond donors (Lipinski definition) is 0. The highest BCUT2D eigenvalue weighted by Crippen LogP contribution is 2.26. The summed E-state index contributed by atoms with van der Waals surface area (Å²) < 4.78 is 5.50. The number of carbonyl (C=O) groups excluding carboxylic acids is 1. The molecule has 0 bridgehead atoms. The number of rotatable bonds is 4. The van der Waals surface area contributed by atoms with Gasteiger partial charge in [-0.1, -0.05) is 24.8 Å². The first-order chi connectivity index (χ1) is 11.7. The first-order valence-corrected chi connectivity index (χ1v) is 9.00. The summed E-state index contributed by atoms with van der Waals surface area (Å²) in [4.78, 5) is 20.0. The Bertz CT molecular complexity index is 676. The zero-order valence-electron chi connectivity index (χ0n) is 14.0. The summed E-state index contributed by atoms with van der Waals surface area (Å²) in [5.41, 5.74) is 0.727. The molecule has 126 valence electrons. The van der Waals surface area contributed by atoms with Crippen molar-refractivity contribution in [2.75, 3.05) is 20.2 Å². The molecular weight excluding hydrogens is 320 g/mol. The lowest BCUT2D eigenvalue weighted by Crippen LogP contribution is -2.46. The number of aromatic nitrogens is 1. The van der Waals surface area contributed by atoms with Gasteiger partial charge in [0.15, 0.2) is 0 Å². The van der Waals surface area contributed by atoms with E-state index in [0.717, 1.165) is 28.5 Å². The quantitative estimate of drug-likeness (QED) is 0.849. The van der Waals surface area contributed by atoms with Crippen molar-refractivity contribution in [3.63, 3.8) is 0 Å². The fourth-order valence-electron chi connectivity index (χ4n) is 2.90. The van der Waals surface area contributed by atoms with Gasteiger partial charge < -0.3 is 9.64 Å². The molecule has 1 fully saturated rings. The highest BCUT2D eigenvalue weighted by Gasteiger charge is 2.29. The zero-order valence-corrected chi connectivity index (χ0v) is 14.8. The number of piperidine rings is 1. The van der Waals surface area contributed by atoms with Crippen molar-refractivity contribution in [1.29, 1.82) is 0 Å². The van der Waals surface area contributed by atoms with Crippen molar-refractivity contribution in [2.45, 2.75) is 29.4 Å². The summed E-state index contributed by atoms with van der Waals surface area (Å²) in [5.74, 6) is 0.578. The Kier molecular flexibility index (Phi) is 5.53. The molecule has 2 aromatic rings. The molecule has 1 aliphatic rings. The molecule has 3 rings (SSSR count). The number of methoxy groups -OCH3 is 1. The third-order valence-electron chi connectivity index (χ3n) is 4.44. The zero-order chi connectivity index (χ0) is 16.9. The SMILES string of the molecule is COC1CN(C(=O)c2ccc(Sc3ccccn3)cc2)CCC1C. The van der Waals surface area contributed by atoms with Crippen LogP contribution in [0, 0.1) is 5.92 Å². The van der Waals surface area contributed by atoms with Gasteiger partial charge in [-0.2, -0.15) is 0 Å². The molecule has 0 saturated carbocycles. The lowest BCUT2D eigenvalue weighted by Gasteiger charge is -2.36. The largest absolute Gasteiger partial charge is 0.379 e. The van der Waals surface area contributed by atoms with Crippen molar-refractivity contribution in [1.82, 2.24) is 9.88 Å². The van der Waals surface area contributed by atoms with E-state index in [9.17, 15) is 4.79 Å². The number of amides is 1. The topological polar surface area (TPSA) is 42.4 Å². The monoisotopic (exact) mass is 342 g/mol. The van der Waals surface area contributed by atoms with Crippen LogP contribution in [0.25, 0.3) is 0 Å². The van der Waals surface area contributed by atoms with E-state index >= 15 is 0 Å². The summed E-state index contributed by atoms with van der Waals surface area (Å²) in [6.07, 6.45) is 2.89. The Morgan fingerprint density at radius 2 is 2.04 bits per heavy atom. The fourth-order valence-corrected chi connectivity index (χ4v) is 3.68. The lowest BCUT2D eigenvalue weighted by molar-refractivity contribution is -0.00156. The average Bonchev–Trinajstić information content (AvgIpc) is 2.63. The molecule has 2 heterocycles. The maximum absolute atomic E-state index is 12.7. The van der Waals surface area contributed by atoms with Gasteiger partial charge in [-0.3, -0.25) is 4.79 Å². The van der Waals surface area contributed by atoms with Crippen LogP contribution < -0.4 is 0 Å². The molecule has 1 amide bonds. The molecule has 1 aliphatic heterocycles. The predicted molar refractivity (Wildman–Crippen MR) is 95.3 cm³/mol. The van der Waals surface area contributed by atoms with E-state index in [4.69, 9.17) is 4.74 Å². The van der Waals surface area contributed by atoms with Gasteiger partial charge >= 0.3 is 0 Å². The highest BCUT2D eigenvalue weighted by atomic mass is 32.2. The molecule has 2 unspecified atom stereocenters. The van der Waals surface area contributed by atoms with Gasteiger partial charge in [0.2, 0.25) is 0 Å². The molecule has 4 nitrogen and oxygen atoms in total. The second-order valence-electron chi connectivity index (χ2n) is 6.09. The van der Waals surface area contributed by atoms with Gasteiger partial charge in [0.1, 0.15) is 5.03 Å². The normalized spacial score (nSPS) is 20.8. The summed E-state index contributed by atoms with van der Waals surface area (Å²) in [6.45, 7) is 3.64. The molecule has 1 aromatic heterocycles. The maximum atomic E-state index is 12.7. The average molecular weight is 342 g/mol. The number of carbonyl (C=O) groups is 1. The molecule has 5 heteroatoms. The van der Waals surface area contributed by atoms with E-state index < -0.39 is 0 Å². The van der Waals surface area contributed by atoms with Gasteiger partial charge in [0, 0.05) is 36.9 Å². The maximum Gasteiger partial charge on any atom is 0.253 e. The van der Waals surface area contributed by atoms with E-state index in [0.29, 0.717) is 12.5 Å². The first kappa shape index (κ1) is 17.0. The van der Waals surface area contributed by atoms with Crippen molar-refractivity contribution in [3.05, 3.63) is 54.2 Å². The third-order valence-corrected chi connectivity index (χ3v) is 5.40. The van der Waals surface area contributed by atoms with Crippen LogP contribution in [0.4, 0.5) is 0 Å². The number of nitrogens with zero attached hydrogens (tertiary/aromatic N) is 2. The predicted octanol–water partition coefficient (Wildman–Crippen LogP) is 3.73. The van der Waals surface area contributed by atoms with E-state index in [-0.39, 0.29) is 12.0 Å². The molecule has 2 atom stereocenters. The molecule has 0 aliphatic carbocycles. The number of hydrogen-bond acceptors (Lipinski definition) is 4. The Balaban J connectivity index is 1.66. The Labute approximate surface area is 147 Å². The standard InChI is InChI=1S/C19H22N2O2S/c1-14-10-12-21(13-17(14)23-2)19(22)15-6-8-16(9-7-15)24-18-5-3-4-11-20-18/h3-9,11,14,17H,10,12-13H2,1-2H3. The Morgan fingerprint density at radius 3 is 2.71 bits per heavy atom. The van der Waals surface area contributed by atoms with Gasteiger partial charge in [-0.05, 0) is 48.7 Å². The van der Waals surface area contributed by atoms with Gasteiger partial charge in [-0.25, -0.2) is 4.98 Å². The summed E-state index contributed by atoms with van der Waals surface area (Å²) in [5, 5.41) is 0.949. The molecule has 24 heavy (non-hydrogen) atoms. The summed E-state index contributed by atoms with van der Waals surface area (Å²) in [6, 6.07) is 13.6. The van der Waals surface area contributed by atoms with Crippen LogP contribution in [0.5, 0.6) is 0 Å². The van der Waals surface area contributed by atoms with Crippen LogP contribution in [0.15, 0.2) is 58.6 Å². The fraction of sp³-hybridized carbons (Fsp3) is 0.368. The van der Waals surface area contributed by atoms with Crippen molar-refractivity contribution in [2.24, 2.45) is 5.92 Å². The molecule has 0 radical (unpaired) electrons. The van der Waals surface area contributed by atoms with Crippen molar-refractivity contribution < 1.29 is 9.53 Å². The van der Waals surface area contributed by atoms with Crippen LogP contribution in [0.3, 0.4) is 0 Å². The molecular formula is C19H22N2O2S. The second-order valence-corrected chi connectivity index (χ2v) is 7.18. The highest BCUT2D eigenvalue weighted by molar-refractivity contribution is 7.99. The minimum atomic E-state index is 0.0818. The number of benzene rings is 1. The van der Waals surface area contributed by atoms with Crippen LogP contribution in [-0.2, 0) is 4.74 Å². The van der Waals surface area contributed by atoms with Crippen molar-refractivity contribution in [3.8, 4) is 0 Å². The Morgan fingerprint density at radius 1 is 1.25 bits per heavy atom. The lowest BCUT2D eigenvalue weighted by atomic mass is 9.95. The third kappa shape index (κ3) is 3.97. The van der Waals surface area contributed by atoms with E-state index in [1.807, 2.05) is 47.4 Å². The molecule has 1 aromatic carbocycles. The van der Waals surface area contributed by atoms with Crippen LogP contribution >= 0.6 is 11.8 Å².